The van der Waals surface area contributed by atoms with Gasteiger partial charge in [-0.05, 0) is 37.1 Å². The zero-order valence-electron chi connectivity index (χ0n) is 19.1. The van der Waals surface area contributed by atoms with Gasteiger partial charge in [-0.2, -0.15) is 0 Å². The van der Waals surface area contributed by atoms with Gasteiger partial charge in [0.1, 0.15) is 6.10 Å². The number of ether oxygens (including phenoxy) is 6. The Bertz CT molecular complexity index is 877. The van der Waals surface area contributed by atoms with Gasteiger partial charge in [-0.25, -0.2) is 4.79 Å². The number of hydrogen-bond acceptors (Lipinski definition) is 8. The summed E-state index contributed by atoms with van der Waals surface area (Å²) < 4.78 is 32.8. The molecule has 1 atom stereocenters. The molecule has 8 heteroatoms. The summed E-state index contributed by atoms with van der Waals surface area (Å²) in [6.45, 7) is 2.93. The summed E-state index contributed by atoms with van der Waals surface area (Å²) in [5, 5.41) is 0. The Hall–Kier alpha value is -3.13. The third-order valence-electron chi connectivity index (χ3n) is 5.34. The molecule has 0 aliphatic carbocycles. The van der Waals surface area contributed by atoms with Gasteiger partial charge in [-0.15, -0.1) is 0 Å². The second-order valence-electron chi connectivity index (χ2n) is 7.38. The highest BCUT2D eigenvalue weighted by atomic mass is 16.5. The Kier molecular flexibility index (Phi) is 8.44. The average Bonchev–Trinajstić information content (AvgIpc) is 3.28. The topological polar surface area (TPSA) is 75.7 Å². The summed E-state index contributed by atoms with van der Waals surface area (Å²) in [6, 6.07) is 10.8. The molecule has 3 rings (SSSR count). The highest BCUT2D eigenvalue weighted by molar-refractivity contribution is 5.91. The van der Waals surface area contributed by atoms with Crippen molar-refractivity contribution in [1.82, 2.24) is 4.90 Å². The molecule has 0 saturated carbocycles. The number of likely N-dealkylation sites (tertiary alicyclic amines) is 1. The Morgan fingerprint density at radius 3 is 2.22 bits per heavy atom. The van der Waals surface area contributed by atoms with E-state index in [-0.39, 0.29) is 6.10 Å². The molecule has 0 radical (unpaired) electrons. The van der Waals surface area contributed by atoms with Crippen LogP contribution < -0.4 is 23.7 Å². The molecular weight excluding hydrogens is 414 g/mol. The van der Waals surface area contributed by atoms with Crippen molar-refractivity contribution in [2.75, 3.05) is 54.7 Å². The Labute approximate surface area is 188 Å². The summed E-state index contributed by atoms with van der Waals surface area (Å²) in [5.41, 5.74) is 0.353. The molecule has 1 saturated heterocycles. The highest BCUT2D eigenvalue weighted by Crippen LogP contribution is 2.38. The van der Waals surface area contributed by atoms with Crippen LogP contribution in [0.5, 0.6) is 28.7 Å². The van der Waals surface area contributed by atoms with E-state index in [1.54, 1.807) is 19.2 Å². The second kappa shape index (κ2) is 11.5. The molecule has 32 heavy (non-hydrogen) atoms. The van der Waals surface area contributed by atoms with Crippen molar-refractivity contribution >= 4 is 5.97 Å². The minimum atomic E-state index is -0.428. The third-order valence-corrected chi connectivity index (χ3v) is 5.34. The normalized spacial score (nSPS) is 15.8. The molecule has 1 heterocycles. The number of para-hydroxylation sites is 2. The first-order valence-electron chi connectivity index (χ1n) is 10.6. The van der Waals surface area contributed by atoms with Crippen LogP contribution in [0.25, 0.3) is 0 Å². The van der Waals surface area contributed by atoms with Crippen molar-refractivity contribution in [1.29, 1.82) is 0 Å². The van der Waals surface area contributed by atoms with E-state index in [2.05, 4.69) is 4.90 Å². The van der Waals surface area contributed by atoms with Crippen molar-refractivity contribution in [2.45, 2.75) is 18.9 Å². The molecular formula is C24H31NO7. The average molecular weight is 446 g/mol. The molecule has 1 aliphatic rings. The maximum atomic E-state index is 12.5. The molecule has 0 aromatic heterocycles. The van der Waals surface area contributed by atoms with Gasteiger partial charge in [0.05, 0.1) is 40.6 Å². The van der Waals surface area contributed by atoms with Crippen LogP contribution in [-0.2, 0) is 4.74 Å². The maximum absolute atomic E-state index is 12.5. The molecule has 0 N–H and O–H groups in total. The summed E-state index contributed by atoms with van der Waals surface area (Å²) in [5.74, 6) is 2.34. The number of nitrogens with zero attached hydrogens (tertiary/aromatic N) is 1. The lowest BCUT2D eigenvalue weighted by atomic mass is 10.2. The summed E-state index contributed by atoms with van der Waals surface area (Å²) >= 11 is 0. The van der Waals surface area contributed by atoms with E-state index in [1.165, 1.54) is 21.3 Å². The zero-order valence-corrected chi connectivity index (χ0v) is 19.1. The summed E-state index contributed by atoms with van der Waals surface area (Å²) in [7, 11) is 6.17. The van der Waals surface area contributed by atoms with Gasteiger partial charge in [0.25, 0.3) is 0 Å². The minimum absolute atomic E-state index is 0.119. The lowest BCUT2D eigenvalue weighted by Gasteiger charge is -2.18. The molecule has 2 aromatic carbocycles. The van der Waals surface area contributed by atoms with E-state index in [0.717, 1.165) is 44.0 Å². The number of hydrogen-bond donors (Lipinski definition) is 0. The first kappa shape index (κ1) is 23.5. The summed E-state index contributed by atoms with van der Waals surface area (Å²) in [4.78, 5) is 14.8. The van der Waals surface area contributed by atoms with Crippen LogP contribution in [0.2, 0.25) is 0 Å². The summed E-state index contributed by atoms with van der Waals surface area (Å²) in [6.07, 6.45) is 1.80. The fraction of sp³-hybridized carbons (Fsp3) is 0.458. The Balaban J connectivity index is 1.44. The molecule has 8 nitrogen and oxygen atoms in total. The van der Waals surface area contributed by atoms with Gasteiger partial charge >= 0.3 is 5.97 Å². The minimum Gasteiger partial charge on any atom is -0.493 e. The quantitative estimate of drug-likeness (QED) is 0.385. The van der Waals surface area contributed by atoms with E-state index >= 15 is 0 Å². The fourth-order valence-corrected chi connectivity index (χ4v) is 3.73. The number of esters is 1. The molecule has 1 aliphatic heterocycles. The van der Waals surface area contributed by atoms with Crippen molar-refractivity contribution in [3.8, 4) is 28.7 Å². The van der Waals surface area contributed by atoms with Crippen LogP contribution in [0.3, 0.4) is 0 Å². The van der Waals surface area contributed by atoms with Gasteiger partial charge in [-0.1, -0.05) is 12.1 Å². The molecule has 0 amide bonds. The van der Waals surface area contributed by atoms with Gasteiger partial charge in [0.2, 0.25) is 5.75 Å². The predicted molar refractivity (Wildman–Crippen MR) is 119 cm³/mol. The van der Waals surface area contributed by atoms with Gasteiger partial charge < -0.3 is 28.4 Å². The van der Waals surface area contributed by atoms with Crippen LogP contribution in [0.4, 0.5) is 0 Å². The monoisotopic (exact) mass is 445 g/mol. The number of carbonyl (C=O) groups excluding carboxylic acids is 1. The van der Waals surface area contributed by atoms with Crippen LogP contribution in [-0.4, -0.2) is 71.7 Å². The molecule has 0 bridgehead atoms. The fourth-order valence-electron chi connectivity index (χ4n) is 3.73. The lowest BCUT2D eigenvalue weighted by Crippen LogP contribution is -2.26. The van der Waals surface area contributed by atoms with E-state index < -0.39 is 5.97 Å². The second-order valence-corrected chi connectivity index (χ2v) is 7.38. The molecule has 2 aromatic rings. The number of carbonyl (C=O) groups is 1. The van der Waals surface area contributed by atoms with Crippen molar-refractivity contribution < 1.29 is 33.2 Å². The van der Waals surface area contributed by atoms with Crippen LogP contribution in [0, 0.1) is 0 Å². The first-order valence-corrected chi connectivity index (χ1v) is 10.6. The number of benzene rings is 2. The first-order chi connectivity index (χ1) is 15.6. The van der Waals surface area contributed by atoms with Crippen molar-refractivity contribution in [3.05, 3.63) is 42.0 Å². The Morgan fingerprint density at radius 2 is 1.59 bits per heavy atom. The van der Waals surface area contributed by atoms with Crippen LogP contribution in [0.15, 0.2) is 36.4 Å². The third kappa shape index (κ3) is 5.76. The maximum Gasteiger partial charge on any atom is 0.338 e. The van der Waals surface area contributed by atoms with Crippen LogP contribution in [0.1, 0.15) is 23.2 Å². The van der Waals surface area contributed by atoms with E-state index in [1.807, 2.05) is 24.3 Å². The van der Waals surface area contributed by atoms with E-state index in [9.17, 15) is 4.79 Å². The van der Waals surface area contributed by atoms with Gasteiger partial charge in [0.15, 0.2) is 23.0 Å². The molecule has 174 valence electrons. The Morgan fingerprint density at radius 1 is 0.938 bits per heavy atom. The van der Waals surface area contributed by atoms with Crippen LogP contribution >= 0.6 is 0 Å². The van der Waals surface area contributed by atoms with E-state index in [0.29, 0.717) is 29.4 Å². The van der Waals surface area contributed by atoms with Gasteiger partial charge in [0, 0.05) is 19.6 Å². The largest absolute Gasteiger partial charge is 0.493 e. The predicted octanol–water partition coefficient (Wildman–Crippen LogP) is 3.42. The number of rotatable bonds is 11. The standard InChI is InChI=1S/C24H31NO7/c1-27-19-8-5-6-9-20(19)32-18-10-12-25(16-18)11-7-13-31-24(26)17-14-21(28-2)23(30-4)22(15-17)29-3/h5-6,8-9,14-15,18H,7,10-13,16H2,1-4H3. The van der Waals surface area contributed by atoms with Gasteiger partial charge in [-0.3, -0.25) is 4.90 Å². The highest BCUT2D eigenvalue weighted by Gasteiger charge is 2.24. The number of methoxy groups -OCH3 is 4. The smallest absolute Gasteiger partial charge is 0.338 e. The molecule has 1 unspecified atom stereocenters. The SMILES string of the molecule is COc1ccccc1OC1CCN(CCCOC(=O)c2cc(OC)c(OC)c(OC)c2)C1. The molecule has 0 spiro atoms. The van der Waals surface area contributed by atoms with Crippen molar-refractivity contribution in [2.24, 2.45) is 0 Å². The zero-order chi connectivity index (χ0) is 22.9. The van der Waals surface area contributed by atoms with E-state index in [4.69, 9.17) is 28.4 Å². The van der Waals surface area contributed by atoms with Crippen molar-refractivity contribution in [3.63, 3.8) is 0 Å². The molecule has 1 fully saturated rings. The lowest BCUT2D eigenvalue weighted by molar-refractivity contribution is 0.0488.